The first-order valence-electron chi connectivity index (χ1n) is 7.88. The normalized spacial score (nSPS) is 16.0. The highest BCUT2D eigenvalue weighted by Gasteiger charge is 2.28. The second kappa shape index (κ2) is 7.96. The van der Waals surface area contributed by atoms with Gasteiger partial charge >= 0.3 is 0 Å². The third-order valence-corrected chi connectivity index (χ3v) is 5.54. The van der Waals surface area contributed by atoms with Crippen LogP contribution in [0.2, 0.25) is 10.0 Å². The van der Waals surface area contributed by atoms with Crippen molar-refractivity contribution in [2.45, 2.75) is 6.10 Å². The SMILES string of the molecule is O=C(C(O)c1ccccc1Br)N1CCN(c2ccc(Cl)cc2Cl)CC1. The number of aliphatic hydroxyl groups is 1. The fraction of sp³-hybridized carbons (Fsp3) is 0.278. The molecule has 0 saturated carbocycles. The zero-order chi connectivity index (χ0) is 18.0. The summed E-state index contributed by atoms with van der Waals surface area (Å²) in [7, 11) is 0. The van der Waals surface area contributed by atoms with E-state index in [-0.39, 0.29) is 5.91 Å². The van der Waals surface area contributed by atoms with Crippen molar-refractivity contribution in [2.75, 3.05) is 31.1 Å². The molecule has 4 nitrogen and oxygen atoms in total. The average molecular weight is 444 g/mol. The van der Waals surface area contributed by atoms with Crippen molar-refractivity contribution in [1.82, 2.24) is 4.90 Å². The van der Waals surface area contributed by atoms with Gasteiger partial charge in [-0.2, -0.15) is 0 Å². The van der Waals surface area contributed by atoms with Crippen LogP contribution in [0.1, 0.15) is 11.7 Å². The van der Waals surface area contributed by atoms with E-state index < -0.39 is 6.10 Å². The maximum Gasteiger partial charge on any atom is 0.256 e. The molecule has 0 spiro atoms. The van der Waals surface area contributed by atoms with Crippen LogP contribution < -0.4 is 4.90 Å². The van der Waals surface area contributed by atoms with Crippen molar-refractivity contribution in [3.63, 3.8) is 0 Å². The Morgan fingerprint density at radius 2 is 1.76 bits per heavy atom. The third kappa shape index (κ3) is 4.11. The van der Waals surface area contributed by atoms with Crippen molar-refractivity contribution in [3.8, 4) is 0 Å². The van der Waals surface area contributed by atoms with Crippen molar-refractivity contribution in [3.05, 3.63) is 62.5 Å². The average Bonchev–Trinajstić information content (AvgIpc) is 2.61. The second-order valence-corrected chi connectivity index (χ2v) is 7.53. The molecular formula is C18H17BrCl2N2O2. The Morgan fingerprint density at radius 1 is 1.08 bits per heavy atom. The van der Waals surface area contributed by atoms with Gasteiger partial charge in [-0.25, -0.2) is 0 Å². The number of carbonyl (C=O) groups is 1. The van der Waals surface area contributed by atoms with Crippen molar-refractivity contribution >= 4 is 50.7 Å². The summed E-state index contributed by atoms with van der Waals surface area (Å²) in [6, 6.07) is 12.6. The third-order valence-electron chi connectivity index (χ3n) is 4.28. The Morgan fingerprint density at radius 3 is 2.40 bits per heavy atom. The van der Waals surface area contributed by atoms with Crippen LogP contribution in [-0.2, 0) is 4.79 Å². The summed E-state index contributed by atoms with van der Waals surface area (Å²) in [5, 5.41) is 11.6. The fourth-order valence-corrected chi connectivity index (χ4v) is 3.94. The Balaban J connectivity index is 1.65. The van der Waals surface area contributed by atoms with Gasteiger partial charge < -0.3 is 14.9 Å². The van der Waals surface area contributed by atoms with E-state index in [1.807, 2.05) is 18.2 Å². The zero-order valence-electron chi connectivity index (χ0n) is 13.3. The molecular weight excluding hydrogens is 427 g/mol. The number of rotatable bonds is 3. The summed E-state index contributed by atoms with van der Waals surface area (Å²) in [5.74, 6) is -0.284. The van der Waals surface area contributed by atoms with Crippen LogP contribution in [0.15, 0.2) is 46.9 Å². The van der Waals surface area contributed by atoms with E-state index in [1.165, 1.54) is 0 Å². The van der Waals surface area contributed by atoms with Gasteiger partial charge in [0.15, 0.2) is 6.10 Å². The van der Waals surface area contributed by atoms with Crippen LogP contribution in [0.25, 0.3) is 0 Å². The van der Waals surface area contributed by atoms with Gasteiger partial charge in [0.2, 0.25) is 0 Å². The number of halogens is 3. The molecule has 1 aliphatic rings. The van der Waals surface area contributed by atoms with Gasteiger partial charge in [0.25, 0.3) is 5.91 Å². The summed E-state index contributed by atoms with van der Waals surface area (Å²) >= 11 is 15.6. The van der Waals surface area contributed by atoms with E-state index >= 15 is 0 Å². The lowest BCUT2D eigenvalue weighted by molar-refractivity contribution is -0.140. The molecule has 7 heteroatoms. The number of nitrogens with zero attached hydrogens (tertiary/aromatic N) is 2. The molecule has 2 aromatic rings. The Labute approximate surface area is 165 Å². The molecule has 1 amide bonds. The molecule has 0 aromatic heterocycles. The van der Waals surface area contributed by atoms with Gasteiger partial charge in [-0.05, 0) is 24.3 Å². The van der Waals surface area contributed by atoms with Crippen LogP contribution in [-0.4, -0.2) is 42.1 Å². The summed E-state index contributed by atoms with van der Waals surface area (Å²) in [6.07, 6.45) is -1.17. The topological polar surface area (TPSA) is 43.8 Å². The smallest absolute Gasteiger partial charge is 0.256 e. The molecule has 1 atom stereocenters. The van der Waals surface area contributed by atoms with Crippen LogP contribution in [0.4, 0.5) is 5.69 Å². The largest absolute Gasteiger partial charge is 0.378 e. The number of piperazine rings is 1. The Bertz CT molecular complexity index is 779. The molecule has 0 aliphatic carbocycles. The van der Waals surface area contributed by atoms with Crippen molar-refractivity contribution in [1.29, 1.82) is 0 Å². The van der Waals surface area contributed by atoms with E-state index in [2.05, 4.69) is 20.8 Å². The summed E-state index contributed by atoms with van der Waals surface area (Å²) in [5.41, 5.74) is 1.49. The minimum atomic E-state index is -1.17. The predicted molar refractivity (Wildman–Crippen MR) is 104 cm³/mol. The molecule has 0 radical (unpaired) electrons. The lowest BCUT2D eigenvalue weighted by atomic mass is 10.1. The summed E-state index contributed by atoms with van der Waals surface area (Å²) in [6.45, 7) is 2.35. The van der Waals surface area contributed by atoms with Gasteiger partial charge in [0, 0.05) is 41.2 Å². The number of anilines is 1. The fourth-order valence-electron chi connectivity index (χ4n) is 2.91. The van der Waals surface area contributed by atoms with E-state index in [0.29, 0.717) is 41.8 Å². The van der Waals surface area contributed by atoms with E-state index in [0.717, 1.165) is 10.2 Å². The maximum atomic E-state index is 12.6. The lowest BCUT2D eigenvalue weighted by Crippen LogP contribution is -2.50. The van der Waals surface area contributed by atoms with Crippen molar-refractivity contribution < 1.29 is 9.90 Å². The number of aliphatic hydroxyl groups excluding tert-OH is 1. The Kier molecular flexibility index (Phi) is 5.89. The standard InChI is InChI=1S/C18H17BrCl2N2O2/c19-14-4-2-1-3-13(14)17(24)18(25)23-9-7-22(8-10-23)16-6-5-12(20)11-15(16)21/h1-6,11,17,24H,7-10H2. The summed E-state index contributed by atoms with van der Waals surface area (Å²) in [4.78, 5) is 16.4. The first-order chi connectivity index (χ1) is 12.0. The molecule has 1 fully saturated rings. The van der Waals surface area contributed by atoms with Crippen molar-refractivity contribution in [2.24, 2.45) is 0 Å². The molecule has 1 saturated heterocycles. The predicted octanol–water partition coefficient (Wildman–Crippen LogP) is 4.14. The number of benzene rings is 2. The second-order valence-electron chi connectivity index (χ2n) is 5.83. The van der Waals surface area contributed by atoms with Crippen LogP contribution >= 0.6 is 39.1 Å². The molecule has 2 aromatic carbocycles. The van der Waals surface area contributed by atoms with Gasteiger partial charge in [0.1, 0.15) is 0 Å². The molecule has 1 aliphatic heterocycles. The number of hydrogen-bond donors (Lipinski definition) is 1. The minimum Gasteiger partial charge on any atom is -0.378 e. The van der Waals surface area contributed by atoms with Crippen LogP contribution in [0, 0.1) is 0 Å². The summed E-state index contributed by atoms with van der Waals surface area (Å²) < 4.78 is 0.724. The molecule has 1 heterocycles. The highest BCUT2D eigenvalue weighted by Crippen LogP contribution is 2.30. The quantitative estimate of drug-likeness (QED) is 0.775. The number of carbonyl (C=O) groups excluding carboxylic acids is 1. The Hall–Kier alpha value is -1.27. The maximum absolute atomic E-state index is 12.6. The number of hydrogen-bond acceptors (Lipinski definition) is 3. The van der Waals surface area contributed by atoms with Gasteiger partial charge in [-0.1, -0.05) is 57.3 Å². The highest BCUT2D eigenvalue weighted by molar-refractivity contribution is 9.10. The van der Waals surface area contributed by atoms with E-state index in [4.69, 9.17) is 23.2 Å². The first kappa shape index (κ1) is 18.5. The van der Waals surface area contributed by atoms with E-state index in [9.17, 15) is 9.90 Å². The van der Waals surface area contributed by atoms with Gasteiger partial charge in [-0.15, -0.1) is 0 Å². The molecule has 25 heavy (non-hydrogen) atoms. The zero-order valence-corrected chi connectivity index (χ0v) is 16.4. The highest BCUT2D eigenvalue weighted by atomic mass is 79.9. The first-order valence-corrected chi connectivity index (χ1v) is 9.43. The van der Waals surface area contributed by atoms with E-state index in [1.54, 1.807) is 29.2 Å². The molecule has 0 bridgehead atoms. The van der Waals surface area contributed by atoms with Gasteiger partial charge in [0.05, 0.1) is 10.7 Å². The monoisotopic (exact) mass is 442 g/mol. The molecule has 1 N–H and O–H groups in total. The molecule has 132 valence electrons. The van der Waals surface area contributed by atoms with Crippen LogP contribution in [0.3, 0.4) is 0 Å². The molecule has 1 unspecified atom stereocenters. The minimum absolute atomic E-state index is 0.284. The van der Waals surface area contributed by atoms with Gasteiger partial charge in [-0.3, -0.25) is 4.79 Å². The van der Waals surface area contributed by atoms with Crippen LogP contribution in [0.5, 0.6) is 0 Å². The molecule has 3 rings (SSSR count). The lowest BCUT2D eigenvalue weighted by Gasteiger charge is -2.37. The number of amides is 1.